The van der Waals surface area contributed by atoms with E-state index in [0.717, 1.165) is 6.54 Å². The van der Waals surface area contributed by atoms with Gasteiger partial charge in [0.25, 0.3) is 0 Å². The van der Waals surface area contributed by atoms with Crippen LogP contribution in [0.5, 0.6) is 0 Å². The Bertz CT molecular complexity index is 667. The van der Waals surface area contributed by atoms with Gasteiger partial charge in [-0.2, -0.15) is 0 Å². The lowest BCUT2D eigenvalue weighted by Gasteiger charge is -2.02. The lowest BCUT2D eigenvalue weighted by molar-refractivity contribution is -0.688. The third-order valence-electron chi connectivity index (χ3n) is 3.48. The minimum atomic E-state index is 0.912. The van der Waals surface area contributed by atoms with Crippen molar-refractivity contribution < 1.29 is 4.57 Å². The molecule has 3 rings (SSSR count). The van der Waals surface area contributed by atoms with Crippen molar-refractivity contribution in [1.29, 1.82) is 0 Å². The monoisotopic (exact) mass is 260 g/mol. The van der Waals surface area contributed by atoms with Crippen LogP contribution in [0.25, 0.3) is 11.1 Å². The molecule has 0 radical (unpaired) electrons. The zero-order valence-corrected chi connectivity index (χ0v) is 11.7. The molecule has 0 saturated carbocycles. The number of aryl methyl sites for hydroxylation is 1. The van der Waals surface area contributed by atoms with E-state index in [4.69, 9.17) is 0 Å². The molecule has 3 aromatic rings. The van der Waals surface area contributed by atoms with Crippen LogP contribution >= 0.6 is 0 Å². The van der Waals surface area contributed by atoms with E-state index in [1.54, 1.807) is 0 Å². The topological polar surface area (TPSA) is 3.88 Å². The predicted molar refractivity (Wildman–Crippen MR) is 82.4 cm³/mol. The van der Waals surface area contributed by atoms with E-state index in [0.29, 0.717) is 0 Å². The Kier molecular flexibility index (Phi) is 3.60. The number of hydrogen-bond donors (Lipinski definition) is 0. The molecule has 20 heavy (non-hydrogen) atoms. The molecule has 98 valence electrons. The summed E-state index contributed by atoms with van der Waals surface area (Å²) in [4.78, 5) is 0. The number of aromatic nitrogens is 1. The molecule has 1 heteroatoms. The van der Waals surface area contributed by atoms with Crippen LogP contribution in [-0.2, 0) is 6.54 Å². The maximum atomic E-state index is 2.21. The van der Waals surface area contributed by atoms with Gasteiger partial charge >= 0.3 is 0 Å². The summed E-state index contributed by atoms with van der Waals surface area (Å²) in [5, 5.41) is 0. The Balaban J connectivity index is 1.78. The zero-order chi connectivity index (χ0) is 13.8. The molecule has 0 bridgehead atoms. The minimum absolute atomic E-state index is 0.912. The van der Waals surface area contributed by atoms with Crippen molar-refractivity contribution >= 4 is 0 Å². The number of pyridine rings is 1. The van der Waals surface area contributed by atoms with Gasteiger partial charge in [-0.1, -0.05) is 60.2 Å². The summed E-state index contributed by atoms with van der Waals surface area (Å²) in [5.41, 5.74) is 5.15. The Morgan fingerprint density at radius 1 is 0.700 bits per heavy atom. The maximum Gasteiger partial charge on any atom is 0.173 e. The van der Waals surface area contributed by atoms with Gasteiger partial charge < -0.3 is 0 Å². The molecule has 1 aromatic heterocycles. The summed E-state index contributed by atoms with van der Waals surface area (Å²) in [6, 6.07) is 23.5. The molecule has 0 fully saturated rings. The van der Waals surface area contributed by atoms with Crippen LogP contribution in [0.1, 0.15) is 11.1 Å². The zero-order valence-electron chi connectivity index (χ0n) is 11.7. The fourth-order valence-corrected chi connectivity index (χ4v) is 2.29. The van der Waals surface area contributed by atoms with Gasteiger partial charge in [-0.3, -0.25) is 0 Å². The number of hydrogen-bond acceptors (Lipinski definition) is 0. The third-order valence-corrected chi connectivity index (χ3v) is 3.48. The van der Waals surface area contributed by atoms with Crippen molar-refractivity contribution in [1.82, 2.24) is 0 Å². The van der Waals surface area contributed by atoms with Crippen LogP contribution < -0.4 is 4.57 Å². The highest BCUT2D eigenvalue weighted by molar-refractivity contribution is 5.61. The van der Waals surface area contributed by atoms with E-state index in [1.165, 1.54) is 22.3 Å². The van der Waals surface area contributed by atoms with E-state index in [-0.39, 0.29) is 0 Å². The lowest BCUT2D eigenvalue weighted by atomic mass is 10.1. The average Bonchev–Trinajstić information content (AvgIpc) is 2.51. The molecule has 0 aliphatic carbocycles. The quantitative estimate of drug-likeness (QED) is 0.627. The predicted octanol–water partition coefficient (Wildman–Crippen LogP) is 4.00. The van der Waals surface area contributed by atoms with Crippen LogP contribution in [0.2, 0.25) is 0 Å². The van der Waals surface area contributed by atoms with Gasteiger partial charge in [-0.25, -0.2) is 4.57 Å². The molecule has 0 amide bonds. The first-order valence-corrected chi connectivity index (χ1v) is 6.91. The summed E-state index contributed by atoms with van der Waals surface area (Å²) in [6.45, 7) is 3.03. The van der Waals surface area contributed by atoms with Crippen molar-refractivity contribution in [2.45, 2.75) is 13.5 Å². The van der Waals surface area contributed by atoms with Crippen LogP contribution in [0, 0.1) is 6.92 Å². The van der Waals surface area contributed by atoms with E-state index >= 15 is 0 Å². The van der Waals surface area contributed by atoms with Crippen LogP contribution in [0.4, 0.5) is 0 Å². The molecule has 0 spiro atoms. The van der Waals surface area contributed by atoms with Crippen molar-refractivity contribution in [2.24, 2.45) is 0 Å². The molecule has 0 atom stereocenters. The molecule has 2 aromatic carbocycles. The number of nitrogens with zero attached hydrogens (tertiary/aromatic N) is 1. The van der Waals surface area contributed by atoms with Gasteiger partial charge in [0.15, 0.2) is 18.9 Å². The maximum absolute atomic E-state index is 2.21. The first-order valence-electron chi connectivity index (χ1n) is 6.91. The summed E-state index contributed by atoms with van der Waals surface area (Å²) >= 11 is 0. The highest BCUT2D eigenvalue weighted by Gasteiger charge is 2.03. The fraction of sp³-hybridized carbons (Fsp3) is 0.105. The molecule has 1 nitrogen and oxygen atoms in total. The minimum Gasteiger partial charge on any atom is -0.201 e. The Labute approximate surface area is 120 Å². The Hall–Kier alpha value is -2.41. The molecule has 0 aliphatic rings. The van der Waals surface area contributed by atoms with Crippen molar-refractivity contribution in [3.8, 4) is 11.1 Å². The van der Waals surface area contributed by atoms with Crippen LogP contribution in [0.3, 0.4) is 0 Å². The van der Waals surface area contributed by atoms with E-state index in [2.05, 4.69) is 84.5 Å². The van der Waals surface area contributed by atoms with Crippen molar-refractivity contribution in [3.63, 3.8) is 0 Å². The summed E-state index contributed by atoms with van der Waals surface area (Å²) < 4.78 is 2.21. The second-order valence-corrected chi connectivity index (χ2v) is 5.11. The summed E-state index contributed by atoms with van der Waals surface area (Å²) in [6.07, 6.45) is 4.28. The normalized spacial score (nSPS) is 10.4. The first-order chi connectivity index (χ1) is 9.81. The fourth-order valence-electron chi connectivity index (χ4n) is 2.29. The van der Waals surface area contributed by atoms with Crippen LogP contribution in [0.15, 0.2) is 79.1 Å². The first kappa shape index (κ1) is 12.6. The van der Waals surface area contributed by atoms with Gasteiger partial charge in [0.1, 0.15) is 0 Å². The van der Waals surface area contributed by atoms with E-state index in [1.807, 2.05) is 6.07 Å². The van der Waals surface area contributed by atoms with Crippen molar-refractivity contribution in [2.75, 3.05) is 0 Å². The SMILES string of the molecule is Cc1ccc(C[n+]2ccc(-c3ccccc3)cc2)cc1. The standard InChI is InChI=1S/C19H18N/c1-16-7-9-17(10-8-16)15-20-13-11-19(12-14-20)18-5-3-2-4-6-18/h2-14H,15H2,1H3/q+1. The highest BCUT2D eigenvalue weighted by Crippen LogP contribution is 2.16. The molecule has 0 saturated heterocycles. The van der Waals surface area contributed by atoms with Crippen LogP contribution in [-0.4, -0.2) is 0 Å². The van der Waals surface area contributed by atoms with Gasteiger partial charge in [0.05, 0.1) is 0 Å². The van der Waals surface area contributed by atoms with Gasteiger partial charge in [-0.05, 0) is 18.1 Å². The van der Waals surface area contributed by atoms with Gasteiger partial charge in [-0.15, -0.1) is 0 Å². The number of rotatable bonds is 3. The Morgan fingerprint density at radius 3 is 1.95 bits per heavy atom. The van der Waals surface area contributed by atoms with Crippen molar-refractivity contribution in [3.05, 3.63) is 90.3 Å². The summed E-state index contributed by atoms with van der Waals surface area (Å²) in [7, 11) is 0. The van der Waals surface area contributed by atoms with E-state index in [9.17, 15) is 0 Å². The Morgan fingerprint density at radius 2 is 1.30 bits per heavy atom. The molecule has 0 aliphatic heterocycles. The molecular weight excluding hydrogens is 242 g/mol. The second kappa shape index (κ2) is 5.70. The smallest absolute Gasteiger partial charge is 0.173 e. The summed E-state index contributed by atoms with van der Waals surface area (Å²) in [5.74, 6) is 0. The molecule has 0 N–H and O–H groups in total. The van der Waals surface area contributed by atoms with Gasteiger partial charge in [0, 0.05) is 17.7 Å². The lowest BCUT2D eigenvalue weighted by Crippen LogP contribution is -2.32. The second-order valence-electron chi connectivity index (χ2n) is 5.11. The molecule has 1 heterocycles. The molecular formula is C19H18N+. The molecule has 0 unspecified atom stereocenters. The number of benzene rings is 2. The average molecular weight is 260 g/mol. The third kappa shape index (κ3) is 2.94. The van der Waals surface area contributed by atoms with Gasteiger partial charge in [0.2, 0.25) is 0 Å². The van der Waals surface area contributed by atoms with E-state index < -0.39 is 0 Å². The highest BCUT2D eigenvalue weighted by atomic mass is 14.9. The largest absolute Gasteiger partial charge is 0.201 e.